The van der Waals surface area contributed by atoms with Crippen molar-refractivity contribution in [1.29, 1.82) is 0 Å². The van der Waals surface area contributed by atoms with Crippen molar-refractivity contribution in [2.75, 3.05) is 13.1 Å². The van der Waals surface area contributed by atoms with E-state index in [1.165, 1.54) is 0 Å². The lowest BCUT2D eigenvalue weighted by molar-refractivity contribution is -0.133. The molecule has 1 aliphatic rings. The zero-order chi connectivity index (χ0) is 14.7. The molecule has 1 fully saturated rings. The van der Waals surface area contributed by atoms with Gasteiger partial charge in [-0.2, -0.15) is 5.10 Å². The summed E-state index contributed by atoms with van der Waals surface area (Å²) in [6.07, 6.45) is 1.35. The molecule has 0 saturated carbocycles. The molecule has 0 unspecified atom stereocenters. The second kappa shape index (κ2) is 5.90. The number of carbonyl (C=O) groups is 2. The highest BCUT2D eigenvalue weighted by Crippen LogP contribution is 2.14. The Labute approximate surface area is 117 Å². The lowest BCUT2D eigenvalue weighted by Crippen LogP contribution is -2.36. The molecule has 1 aromatic rings. The summed E-state index contributed by atoms with van der Waals surface area (Å²) in [5.74, 6) is 1.33. The number of likely N-dealkylation sites (tertiary alicyclic amines) is 1. The Morgan fingerprint density at radius 1 is 1.50 bits per heavy atom. The second-order valence-electron chi connectivity index (χ2n) is 4.98. The first-order valence-corrected chi connectivity index (χ1v) is 6.65. The fourth-order valence-electron chi connectivity index (χ4n) is 2.28. The van der Waals surface area contributed by atoms with Gasteiger partial charge in [-0.3, -0.25) is 9.59 Å². The summed E-state index contributed by atoms with van der Waals surface area (Å²) in [5.41, 5.74) is 4.03. The number of furan rings is 1. The highest BCUT2D eigenvalue weighted by atomic mass is 16.3. The third-order valence-electron chi connectivity index (χ3n) is 3.28. The predicted octanol–water partition coefficient (Wildman–Crippen LogP) is 1.36. The van der Waals surface area contributed by atoms with E-state index in [4.69, 9.17) is 4.42 Å². The average Bonchev–Trinajstić information content (AvgIpc) is 2.93. The normalized spacial score (nSPS) is 15.8. The molecule has 0 radical (unpaired) electrons. The average molecular weight is 277 g/mol. The van der Waals surface area contributed by atoms with Crippen molar-refractivity contribution in [2.24, 2.45) is 5.10 Å². The summed E-state index contributed by atoms with van der Waals surface area (Å²) >= 11 is 0. The van der Waals surface area contributed by atoms with Crippen molar-refractivity contribution in [3.8, 4) is 0 Å². The molecular weight excluding hydrogens is 258 g/mol. The monoisotopic (exact) mass is 277 g/mol. The minimum atomic E-state index is -0.280. The van der Waals surface area contributed by atoms with E-state index in [2.05, 4.69) is 10.5 Å². The zero-order valence-corrected chi connectivity index (χ0v) is 12.0. The second-order valence-corrected chi connectivity index (χ2v) is 4.98. The Balaban J connectivity index is 1.93. The van der Waals surface area contributed by atoms with Gasteiger partial charge in [0.25, 0.3) is 5.91 Å². The highest BCUT2D eigenvalue weighted by molar-refractivity contribution is 6.00. The Hall–Kier alpha value is -2.11. The van der Waals surface area contributed by atoms with E-state index in [1.807, 2.05) is 19.9 Å². The molecule has 0 aromatic carbocycles. The zero-order valence-electron chi connectivity index (χ0n) is 12.0. The van der Waals surface area contributed by atoms with Gasteiger partial charge >= 0.3 is 0 Å². The number of rotatable bonds is 4. The molecule has 1 N–H and O–H groups in total. The largest absolute Gasteiger partial charge is 0.466 e. The van der Waals surface area contributed by atoms with E-state index in [1.54, 1.807) is 11.8 Å². The Kier molecular flexibility index (Phi) is 4.22. The maximum absolute atomic E-state index is 11.7. The molecule has 0 aliphatic carbocycles. The maximum Gasteiger partial charge on any atom is 0.259 e. The van der Waals surface area contributed by atoms with E-state index in [0.717, 1.165) is 23.5 Å². The van der Waals surface area contributed by atoms with E-state index < -0.39 is 0 Å². The molecule has 1 saturated heterocycles. The summed E-state index contributed by atoms with van der Waals surface area (Å²) < 4.78 is 5.42. The summed E-state index contributed by atoms with van der Waals surface area (Å²) in [7, 11) is 0. The van der Waals surface area contributed by atoms with Gasteiger partial charge in [0.15, 0.2) is 0 Å². The smallest absolute Gasteiger partial charge is 0.259 e. The summed E-state index contributed by atoms with van der Waals surface area (Å²) in [6.45, 7) is 6.24. The molecular formula is C14H19N3O3. The third kappa shape index (κ3) is 3.26. The quantitative estimate of drug-likeness (QED) is 0.667. The Morgan fingerprint density at radius 3 is 2.80 bits per heavy atom. The number of hydrogen-bond donors (Lipinski definition) is 1. The molecule has 0 bridgehead atoms. The first-order chi connectivity index (χ1) is 9.47. The molecule has 1 aliphatic heterocycles. The first-order valence-electron chi connectivity index (χ1n) is 6.65. The van der Waals surface area contributed by atoms with Gasteiger partial charge in [0.05, 0.1) is 5.71 Å². The number of hydrazone groups is 1. The van der Waals surface area contributed by atoms with E-state index >= 15 is 0 Å². The SMILES string of the molecule is CC(=NNC(=O)CN1CCCC1=O)c1cc(C)oc1C. The summed E-state index contributed by atoms with van der Waals surface area (Å²) in [6, 6.07) is 1.88. The molecule has 108 valence electrons. The number of nitrogens with one attached hydrogen (secondary N) is 1. The van der Waals surface area contributed by atoms with Crippen LogP contribution >= 0.6 is 0 Å². The number of nitrogens with zero attached hydrogens (tertiary/aromatic N) is 2. The molecule has 2 amide bonds. The molecule has 6 nitrogen and oxygen atoms in total. The first kappa shape index (κ1) is 14.3. The van der Waals surface area contributed by atoms with Crippen LogP contribution in [0.25, 0.3) is 0 Å². The van der Waals surface area contributed by atoms with E-state index in [-0.39, 0.29) is 18.4 Å². The number of carbonyl (C=O) groups excluding carboxylic acids is 2. The minimum Gasteiger partial charge on any atom is -0.466 e. The lowest BCUT2D eigenvalue weighted by atomic mass is 10.2. The molecule has 20 heavy (non-hydrogen) atoms. The number of aryl methyl sites for hydroxylation is 2. The van der Waals surface area contributed by atoms with Gasteiger partial charge in [0.2, 0.25) is 5.91 Å². The van der Waals surface area contributed by atoms with Crippen molar-refractivity contribution >= 4 is 17.5 Å². The van der Waals surface area contributed by atoms with Crippen LogP contribution in [0.5, 0.6) is 0 Å². The van der Waals surface area contributed by atoms with Crippen molar-refractivity contribution in [3.05, 3.63) is 23.2 Å². The van der Waals surface area contributed by atoms with Crippen molar-refractivity contribution in [2.45, 2.75) is 33.6 Å². The van der Waals surface area contributed by atoms with Crippen molar-refractivity contribution in [1.82, 2.24) is 10.3 Å². The lowest BCUT2D eigenvalue weighted by Gasteiger charge is -2.13. The van der Waals surface area contributed by atoms with Crippen LogP contribution in [-0.2, 0) is 9.59 Å². The van der Waals surface area contributed by atoms with Crippen molar-refractivity contribution < 1.29 is 14.0 Å². The molecule has 0 spiro atoms. The fraction of sp³-hybridized carbons (Fsp3) is 0.500. The molecule has 2 rings (SSSR count). The Morgan fingerprint density at radius 2 is 2.25 bits per heavy atom. The Bertz CT molecular complexity index is 560. The third-order valence-corrected chi connectivity index (χ3v) is 3.28. The van der Waals surface area contributed by atoms with Crippen LogP contribution in [0.15, 0.2) is 15.6 Å². The molecule has 1 aromatic heterocycles. The van der Waals surface area contributed by atoms with Gasteiger partial charge < -0.3 is 9.32 Å². The van der Waals surface area contributed by atoms with Gasteiger partial charge in [-0.15, -0.1) is 0 Å². The topological polar surface area (TPSA) is 74.9 Å². The molecule has 6 heteroatoms. The maximum atomic E-state index is 11.7. The van der Waals surface area contributed by atoms with Gasteiger partial charge in [-0.1, -0.05) is 0 Å². The standard InChI is InChI=1S/C14H19N3O3/c1-9-7-12(11(3)20-9)10(2)15-16-13(18)8-17-6-4-5-14(17)19/h7H,4-6,8H2,1-3H3,(H,16,18). The summed E-state index contributed by atoms with van der Waals surface area (Å²) in [4.78, 5) is 24.7. The van der Waals surface area contributed by atoms with Crippen LogP contribution in [-0.4, -0.2) is 35.5 Å². The number of amides is 2. The van der Waals surface area contributed by atoms with Gasteiger partial charge in [0.1, 0.15) is 18.1 Å². The van der Waals surface area contributed by atoms with Crippen LogP contribution in [0.2, 0.25) is 0 Å². The molecule has 0 atom stereocenters. The van der Waals surface area contributed by atoms with Crippen LogP contribution in [0, 0.1) is 13.8 Å². The van der Waals surface area contributed by atoms with Crippen LogP contribution in [0.1, 0.15) is 36.8 Å². The molecule has 2 heterocycles. The fourth-order valence-corrected chi connectivity index (χ4v) is 2.28. The minimum absolute atomic E-state index is 0.0298. The van der Waals surface area contributed by atoms with E-state index in [9.17, 15) is 9.59 Å². The number of hydrogen-bond acceptors (Lipinski definition) is 4. The van der Waals surface area contributed by atoms with Crippen molar-refractivity contribution in [3.63, 3.8) is 0 Å². The van der Waals surface area contributed by atoms with E-state index in [0.29, 0.717) is 18.7 Å². The van der Waals surface area contributed by atoms with Crippen LogP contribution in [0.4, 0.5) is 0 Å². The van der Waals surface area contributed by atoms with Gasteiger partial charge in [-0.25, -0.2) is 5.43 Å². The van der Waals surface area contributed by atoms with Crippen LogP contribution < -0.4 is 5.43 Å². The summed E-state index contributed by atoms with van der Waals surface area (Å²) in [5, 5.41) is 4.05. The van der Waals surface area contributed by atoms with Gasteiger partial charge in [-0.05, 0) is 33.3 Å². The van der Waals surface area contributed by atoms with Crippen LogP contribution in [0.3, 0.4) is 0 Å². The highest BCUT2D eigenvalue weighted by Gasteiger charge is 2.22. The predicted molar refractivity (Wildman–Crippen MR) is 74.3 cm³/mol. The van der Waals surface area contributed by atoms with Gasteiger partial charge in [0, 0.05) is 18.5 Å².